The first-order chi connectivity index (χ1) is 8.56. The molecule has 1 atom stereocenters. The van der Waals surface area contributed by atoms with Gasteiger partial charge in [-0.05, 0) is 32.7 Å². The van der Waals surface area contributed by atoms with Gasteiger partial charge in [0.25, 0.3) is 0 Å². The molecule has 1 N–H and O–H groups in total. The average molecular weight is 289 g/mol. The van der Waals surface area contributed by atoms with Crippen LogP contribution in [0.2, 0.25) is 10.3 Å². The summed E-state index contributed by atoms with van der Waals surface area (Å²) in [5.41, 5.74) is 0.764. The minimum absolute atomic E-state index is 0.358. The van der Waals surface area contributed by atoms with Gasteiger partial charge in [-0.1, -0.05) is 23.2 Å². The van der Waals surface area contributed by atoms with E-state index in [0.717, 1.165) is 18.8 Å². The Kier molecular flexibility index (Phi) is 4.65. The van der Waals surface area contributed by atoms with Crippen LogP contribution >= 0.6 is 23.2 Å². The monoisotopic (exact) mass is 288 g/mol. The van der Waals surface area contributed by atoms with Crippen molar-refractivity contribution in [1.82, 2.24) is 15.1 Å². The van der Waals surface area contributed by atoms with E-state index in [1.165, 1.54) is 13.0 Å². The Morgan fingerprint density at radius 3 is 2.89 bits per heavy atom. The van der Waals surface area contributed by atoms with Crippen LogP contribution in [0.25, 0.3) is 0 Å². The maximum absolute atomic E-state index is 5.96. The van der Waals surface area contributed by atoms with Crippen molar-refractivity contribution in [2.24, 2.45) is 5.92 Å². The van der Waals surface area contributed by atoms with Crippen molar-refractivity contribution >= 4 is 28.9 Å². The highest BCUT2D eigenvalue weighted by Crippen LogP contribution is 2.23. The van der Waals surface area contributed by atoms with Crippen LogP contribution in [0, 0.1) is 5.92 Å². The average Bonchev–Trinajstić information content (AvgIpc) is 2.79. The molecule has 1 aliphatic rings. The van der Waals surface area contributed by atoms with Gasteiger partial charge in [0.05, 0.1) is 5.69 Å². The lowest BCUT2D eigenvalue weighted by molar-refractivity contribution is 0.266. The van der Waals surface area contributed by atoms with Crippen molar-refractivity contribution in [2.45, 2.75) is 26.3 Å². The van der Waals surface area contributed by atoms with E-state index in [9.17, 15) is 0 Å². The van der Waals surface area contributed by atoms with Crippen molar-refractivity contribution in [3.8, 4) is 0 Å². The van der Waals surface area contributed by atoms with Gasteiger partial charge in [-0.15, -0.1) is 10.2 Å². The van der Waals surface area contributed by atoms with Gasteiger partial charge in [0.15, 0.2) is 10.3 Å². The van der Waals surface area contributed by atoms with Gasteiger partial charge >= 0.3 is 0 Å². The molecule has 2 heterocycles. The molecule has 1 fully saturated rings. The summed E-state index contributed by atoms with van der Waals surface area (Å²) in [6.45, 7) is 7.67. The second-order valence-electron chi connectivity index (χ2n) is 5.00. The molecule has 1 saturated heterocycles. The van der Waals surface area contributed by atoms with E-state index in [-0.39, 0.29) is 0 Å². The molecule has 0 amide bonds. The van der Waals surface area contributed by atoms with Crippen LogP contribution < -0.4 is 5.32 Å². The Morgan fingerprint density at radius 2 is 2.22 bits per heavy atom. The normalized spacial score (nSPS) is 20.6. The largest absolute Gasteiger partial charge is 0.382 e. The molecule has 0 saturated carbocycles. The summed E-state index contributed by atoms with van der Waals surface area (Å²) in [5.74, 6) is 0.649. The predicted octanol–water partition coefficient (Wildman–Crippen LogP) is 2.93. The number of anilines is 1. The molecule has 0 aromatic carbocycles. The standard InChI is InChI=1S/C12H18Cl2N4/c1-8(2)18-4-3-9(7-18)6-15-10-5-11(13)16-17-12(10)14/h5,8-9H,3-4,6-7H2,1-2H3,(H,15,16). The lowest BCUT2D eigenvalue weighted by Gasteiger charge is -2.20. The van der Waals surface area contributed by atoms with Crippen LogP contribution in [-0.2, 0) is 0 Å². The number of rotatable bonds is 4. The number of aromatic nitrogens is 2. The smallest absolute Gasteiger partial charge is 0.174 e. The highest BCUT2D eigenvalue weighted by molar-refractivity contribution is 6.33. The summed E-state index contributed by atoms with van der Waals surface area (Å²) in [7, 11) is 0. The summed E-state index contributed by atoms with van der Waals surface area (Å²) >= 11 is 11.8. The van der Waals surface area contributed by atoms with Crippen LogP contribution in [0.3, 0.4) is 0 Å². The fraction of sp³-hybridized carbons (Fsp3) is 0.667. The van der Waals surface area contributed by atoms with E-state index < -0.39 is 0 Å². The van der Waals surface area contributed by atoms with E-state index in [4.69, 9.17) is 23.2 Å². The van der Waals surface area contributed by atoms with Crippen molar-refractivity contribution in [1.29, 1.82) is 0 Å². The van der Waals surface area contributed by atoms with Crippen LogP contribution in [-0.4, -0.2) is 40.8 Å². The van der Waals surface area contributed by atoms with E-state index in [2.05, 4.69) is 34.3 Å². The molecule has 2 rings (SSSR count). The summed E-state index contributed by atoms with van der Waals surface area (Å²) in [6, 6.07) is 2.34. The number of nitrogens with zero attached hydrogens (tertiary/aromatic N) is 3. The predicted molar refractivity (Wildman–Crippen MR) is 75.4 cm³/mol. The van der Waals surface area contributed by atoms with Gasteiger partial charge in [-0.3, -0.25) is 0 Å². The zero-order valence-electron chi connectivity index (χ0n) is 10.7. The third-order valence-electron chi connectivity index (χ3n) is 3.35. The first kappa shape index (κ1) is 13.8. The molecule has 100 valence electrons. The molecule has 18 heavy (non-hydrogen) atoms. The molecular formula is C12H18Cl2N4. The Balaban J connectivity index is 1.87. The molecule has 0 aliphatic carbocycles. The molecule has 1 aromatic rings. The quantitative estimate of drug-likeness (QED) is 0.925. The minimum Gasteiger partial charge on any atom is -0.382 e. The second kappa shape index (κ2) is 6.04. The van der Waals surface area contributed by atoms with Crippen molar-refractivity contribution < 1.29 is 0 Å². The Morgan fingerprint density at radius 1 is 1.44 bits per heavy atom. The third-order valence-corrected chi connectivity index (χ3v) is 3.81. The van der Waals surface area contributed by atoms with Crippen LogP contribution in [0.1, 0.15) is 20.3 Å². The Hall–Kier alpha value is -0.580. The summed E-state index contributed by atoms with van der Waals surface area (Å²) in [4.78, 5) is 2.49. The zero-order valence-corrected chi connectivity index (χ0v) is 12.2. The van der Waals surface area contributed by atoms with E-state index in [0.29, 0.717) is 22.3 Å². The fourth-order valence-electron chi connectivity index (χ4n) is 2.23. The number of hydrogen-bond donors (Lipinski definition) is 1. The number of halogens is 2. The first-order valence-electron chi connectivity index (χ1n) is 6.23. The number of hydrogen-bond acceptors (Lipinski definition) is 4. The van der Waals surface area contributed by atoms with Gasteiger partial charge in [0, 0.05) is 25.2 Å². The Labute approximate surface area is 118 Å². The van der Waals surface area contributed by atoms with Crippen LogP contribution in [0.5, 0.6) is 0 Å². The molecule has 0 radical (unpaired) electrons. The highest BCUT2D eigenvalue weighted by atomic mass is 35.5. The molecule has 1 unspecified atom stereocenters. The first-order valence-corrected chi connectivity index (χ1v) is 6.98. The maximum Gasteiger partial charge on any atom is 0.174 e. The van der Waals surface area contributed by atoms with Crippen molar-refractivity contribution in [2.75, 3.05) is 25.0 Å². The fourth-order valence-corrected chi connectivity index (χ4v) is 2.54. The Bertz CT molecular complexity index is 411. The highest BCUT2D eigenvalue weighted by Gasteiger charge is 2.24. The van der Waals surface area contributed by atoms with E-state index in [1.807, 2.05) is 0 Å². The SMILES string of the molecule is CC(C)N1CCC(CNc2cc(Cl)nnc2Cl)C1. The molecular weight excluding hydrogens is 271 g/mol. The minimum atomic E-state index is 0.358. The second-order valence-corrected chi connectivity index (χ2v) is 5.74. The molecule has 4 nitrogen and oxygen atoms in total. The molecule has 0 bridgehead atoms. The summed E-state index contributed by atoms with van der Waals surface area (Å²) in [6.07, 6.45) is 1.22. The maximum atomic E-state index is 5.96. The number of likely N-dealkylation sites (tertiary alicyclic amines) is 1. The van der Waals surface area contributed by atoms with Crippen LogP contribution in [0.15, 0.2) is 6.07 Å². The van der Waals surface area contributed by atoms with Gasteiger partial charge in [0.2, 0.25) is 0 Å². The lowest BCUT2D eigenvalue weighted by atomic mass is 10.1. The van der Waals surface area contributed by atoms with Gasteiger partial charge in [-0.2, -0.15) is 0 Å². The van der Waals surface area contributed by atoms with Gasteiger partial charge in [0.1, 0.15) is 0 Å². The zero-order chi connectivity index (χ0) is 13.1. The molecule has 1 aromatic heterocycles. The molecule has 1 aliphatic heterocycles. The van der Waals surface area contributed by atoms with E-state index in [1.54, 1.807) is 6.07 Å². The van der Waals surface area contributed by atoms with Gasteiger partial charge in [-0.25, -0.2) is 0 Å². The lowest BCUT2D eigenvalue weighted by Crippen LogP contribution is -2.29. The summed E-state index contributed by atoms with van der Waals surface area (Å²) < 4.78 is 0. The van der Waals surface area contributed by atoms with Crippen LogP contribution in [0.4, 0.5) is 5.69 Å². The third kappa shape index (κ3) is 3.46. The van der Waals surface area contributed by atoms with Crippen molar-refractivity contribution in [3.05, 3.63) is 16.4 Å². The van der Waals surface area contributed by atoms with E-state index >= 15 is 0 Å². The topological polar surface area (TPSA) is 41.0 Å². The summed E-state index contributed by atoms with van der Waals surface area (Å²) in [5, 5.41) is 11.5. The molecule has 6 heteroatoms. The number of nitrogens with one attached hydrogen (secondary N) is 1. The molecule has 0 spiro atoms. The van der Waals surface area contributed by atoms with Gasteiger partial charge < -0.3 is 10.2 Å². The van der Waals surface area contributed by atoms with Crippen molar-refractivity contribution in [3.63, 3.8) is 0 Å².